The highest BCUT2D eigenvalue weighted by Gasteiger charge is 2.08. The fourth-order valence-corrected chi connectivity index (χ4v) is 1.37. The molecule has 0 aromatic carbocycles. The quantitative estimate of drug-likeness (QED) is 0.802. The van der Waals surface area contributed by atoms with Crippen molar-refractivity contribution in [1.29, 1.82) is 5.26 Å². The molecule has 5 nitrogen and oxygen atoms in total. The van der Waals surface area contributed by atoms with E-state index in [1.54, 1.807) is 26.0 Å². The number of aromatic nitrogens is 1. The van der Waals surface area contributed by atoms with Crippen LogP contribution < -0.4 is 5.32 Å². The monoisotopic (exact) mass is 219 g/mol. The Hall–Kier alpha value is -2.09. The van der Waals surface area contributed by atoms with Crippen molar-refractivity contribution in [2.75, 3.05) is 5.32 Å². The van der Waals surface area contributed by atoms with Crippen molar-refractivity contribution < 1.29 is 9.90 Å². The molecule has 5 heteroatoms. The highest BCUT2D eigenvalue weighted by molar-refractivity contribution is 5.68. The number of aliphatic carboxylic acids is 1. The average Bonchev–Trinajstić information content (AvgIpc) is 2.14. The normalized spacial score (nSPS) is 11.6. The Bertz CT molecular complexity index is 437. The molecule has 1 heterocycles. The van der Waals surface area contributed by atoms with Crippen LogP contribution in [-0.4, -0.2) is 22.1 Å². The Balaban J connectivity index is 2.77. The number of pyridine rings is 1. The highest BCUT2D eigenvalue weighted by Crippen LogP contribution is 2.11. The molecule has 0 bridgehead atoms. The van der Waals surface area contributed by atoms with Crippen LogP contribution in [0.1, 0.15) is 24.6 Å². The van der Waals surface area contributed by atoms with Gasteiger partial charge in [-0.2, -0.15) is 5.26 Å². The summed E-state index contributed by atoms with van der Waals surface area (Å²) in [7, 11) is 0. The molecule has 0 saturated carbocycles. The van der Waals surface area contributed by atoms with Crippen LogP contribution >= 0.6 is 0 Å². The van der Waals surface area contributed by atoms with Crippen LogP contribution in [0.15, 0.2) is 12.1 Å². The molecule has 0 amide bonds. The second-order valence-corrected chi connectivity index (χ2v) is 3.64. The Kier molecular flexibility index (Phi) is 3.84. The van der Waals surface area contributed by atoms with Crippen molar-refractivity contribution in [2.24, 2.45) is 0 Å². The summed E-state index contributed by atoms with van der Waals surface area (Å²) < 4.78 is 0. The van der Waals surface area contributed by atoms with Crippen LogP contribution in [0.4, 0.5) is 5.82 Å². The molecule has 84 valence electrons. The van der Waals surface area contributed by atoms with E-state index in [-0.39, 0.29) is 12.5 Å². The van der Waals surface area contributed by atoms with Gasteiger partial charge in [0.1, 0.15) is 5.82 Å². The SMILES string of the molecule is Cc1cc(C#N)cc(NC(C)CC(=O)O)n1. The maximum atomic E-state index is 10.5. The fourth-order valence-electron chi connectivity index (χ4n) is 1.37. The van der Waals surface area contributed by atoms with Crippen molar-refractivity contribution in [3.8, 4) is 6.07 Å². The number of aryl methyl sites for hydroxylation is 1. The van der Waals surface area contributed by atoms with E-state index >= 15 is 0 Å². The standard InChI is InChI=1S/C11H13N3O2/c1-7-3-9(6-12)5-10(13-7)14-8(2)4-11(15)16/h3,5,8H,4H2,1-2H3,(H,13,14)(H,15,16). The van der Waals surface area contributed by atoms with Crippen molar-refractivity contribution in [1.82, 2.24) is 4.98 Å². The van der Waals surface area contributed by atoms with Gasteiger partial charge >= 0.3 is 5.97 Å². The lowest BCUT2D eigenvalue weighted by Gasteiger charge is -2.12. The van der Waals surface area contributed by atoms with Crippen LogP contribution in [0.25, 0.3) is 0 Å². The first-order valence-corrected chi connectivity index (χ1v) is 4.88. The molecule has 0 aliphatic carbocycles. The predicted molar refractivity (Wildman–Crippen MR) is 59.0 cm³/mol. The van der Waals surface area contributed by atoms with Gasteiger partial charge in [0.2, 0.25) is 0 Å². The summed E-state index contributed by atoms with van der Waals surface area (Å²) in [6, 6.07) is 5.08. The molecule has 1 aromatic heterocycles. The summed E-state index contributed by atoms with van der Waals surface area (Å²) in [5, 5.41) is 20.3. The molecule has 0 aliphatic rings. The van der Waals surface area contributed by atoms with Crippen LogP contribution in [-0.2, 0) is 4.79 Å². The van der Waals surface area contributed by atoms with Crippen LogP contribution in [0, 0.1) is 18.3 Å². The summed E-state index contributed by atoms with van der Waals surface area (Å²) in [6.07, 6.45) is 0.0114. The number of carboxylic acids is 1. The number of anilines is 1. The summed E-state index contributed by atoms with van der Waals surface area (Å²) in [4.78, 5) is 14.7. The zero-order valence-electron chi connectivity index (χ0n) is 9.19. The molecule has 0 saturated heterocycles. The van der Waals surface area contributed by atoms with Gasteiger partial charge in [0, 0.05) is 11.7 Å². The van der Waals surface area contributed by atoms with Crippen LogP contribution in [0.2, 0.25) is 0 Å². The molecule has 1 unspecified atom stereocenters. The topological polar surface area (TPSA) is 86.0 Å². The number of carboxylic acid groups (broad SMARTS) is 1. The summed E-state index contributed by atoms with van der Waals surface area (Å²) >= 11 is 0. The number of carbonyl (C=O) groups is 1. The highest BCUT2D eigenvalue weighted by atomic mass is 16.4. The van der Waals surface area contributed by atoms with E-state index in [0.717, 1.165) is 5.69 Å². The Morgan fingerprint density at radius 1 is 1.69 bits per heavy atom. The van der Waals surface area contributed by atoms with Crippen molar-refractivity contribution in [3.05, 3.63) is 23.4 Å². The summed E-state index contributed by atoms with van der Waals surface area (Å²) in [5.74, 6) is -0.335. The third-order valence-corrected chi connectivity index (χ3v) is 1.96. The van der Waals surface area contributed by atoms with E-state index in [1.807, 2.05) is 6.07 Å². The molecular formula is C11H13N3O2. The minimum atomic E-state index is -0.867. The van der Waals surface area contributed by atoms with Gasteiger partial charge in [0.25, 0.3) is 0 Å². The molecule has 1 atom stereocenters. The van der Waals surface area contributed by atoms with Gasteiger partial charge in [-0.3, -0.25) is 4.79 Å². The van der Waals surface area contributed by atoms with E-state index in [4.69, 9.17) is 10.4 Å². The lowest BCUT2D eigenvalue weighted by Crippen LogP contribution is -2.20. The first-order valence-electron chi connectivity index (χ1n) is 4.88. The second-order valence-electron chi connectivity index (χ2n) is 3.64. The molecule has 2 N–H and O–H groups in total. The zero-order valence-corrected chi connectivity index (χ0v) is 9.19. The number of hydrogen-bond acceptors (Lipinski definition) is 4. The van der Waals surface area contributed by atoms with Gasteiger partial charge in [-0.1, -0.05) is 0 Å². The lowest BCUT2D eigenvalue weighted by molar-refractivity contribution is -0.137. The van der Waals surface area contributed by atoms with E-state index < -0.39 is 5.97 Å². The van der Waals surface area contributed by atoms with E-state index in [2.05, 4.69) is 10.3 Å². The number of nitrogens with one attached hydrogen (secondary N) is 1. The van der Waals surface area contributed by atoms with Gasteiger partial charge in [-0.25, -0.2) is 4.98 Å². The zero-order chi connectivity index (χ0) is 12.1. The molecule has 0 fully saturated rings. The molecule has 1 aromatic rings. The van der Waals surface area contributed by atoms with Gasteiger partial charge in [-0.15, -0.1) is 0 Å². The van der Waals surface area contributed by atoms with Crippen molar-refractivity contribution >= 4 is 11.8 Å². The lowest BCUT2D eigenvalue weighted by atomic mass is 10.2. The average molecular weight is 219 g/mol. The smallest absolute Gasteiger partial charge is 0.305 e. The van der Waals surface area contributed by atoms with Gasteiger partial charge in [0.15, 0.2) is 0 Å². The molecular weight excluding hydrogens is 206 g/mol. The third-order valence-electron chi connectivity index (χ3n) is 1.96. The van der Waals surface area contributed by atoms with E-state index in [9.17, 15) is 4.79 Å². The Morgan fingerprint density at radius 3 is 2.94 bits per heavy atom. The maximum absolute atomic E-state index is 10.5. The maximum Gasteiger partial charge on any atom is 0.305 e. The number of nitrogens with zero attached hydrogens (tertiary/aromatic N) is 2. The van der Waals surface area contributed by atoms with Crippen LogP contribution in [0.5, 0.6) is 0 Å². The Morgan fingerprint density at radius 2 is 2.38 bits per heavy atom. The molecule has 16 heavy (non-hydrogen) atoms. The molecule has 0 aliphatic heterocycles. The molecule has 0 spiro atoms. The number of rotatable bonds is 4. The minimum absolute atomic E-state index is 0.0114. The first kappa shape index (κ1) is 12.0. The first-order chi connectivity index (χ1) is 7.51. The van der Waals surface area contributed by atoms with Crippen molar-refractivity contribution in [2.45, 2.75) is 26.3 Å². The van der Waals surface area contributed by atoms with Crippen LogP contribution in [0.3, 0.4) is 0 Å². The Labute approximate surface area is 93.7 Å². The largest absolute Gasteiger partial charge is 0.481 e. The second kappa shape index (κ2) is 5.12. The fraction of sp³-hybridized carbons (Fsp3) is 0.364. The molecule has 1 rings (SSSR count). The van der Waals surface area contributed by atoms with Gasteiger partial charge in [0.05, 0.1) is 18.1 Å². The predicted octanol–water partition coefficient (Wildman–Crippen LogP) is 1.54. The number of hydrogen-bond donors (Lipinski definition) is 2. The van der Waals surface area contributed by atoms with Crippen molar-refractivity contribution in [3.63, 3.8) is 0 Å². The number of nitriles is 1. The van der Waals surface area contributed by atoms with E-state index in [1.165, 1.54) is 0 Å². The third kappa shape index (κ3) is 3.58. The van der Waals surface area contributed by atoms with Gasteiger partial charge in [-0.05, 0) is 26.0 Å². The summed E-state index contributed by atoms with van der Waals surface area (Å²) in [6.45, 7) is 3.54. The summed E-state index contributed by atoms with van der Waals surface area (Å²) in [5.41, 5.74) is 1.24. The molecule has 0 radical (unpaired) electrons. The van der Waals surface area contributed by atoms with Gasteiger partial charge < -0.3 is 10.4 Å². The van der Waals surface area contributed by atoms with E-state index in [0.29, 0.717) is 11.4 Å². The minimum Gasteiger partial charge on any atom is -0.481 e.